The van der Waals surface area contributed by atoms with Crippen molar-refractivity contribution in [2.75, 3.05) is 17.7 Å². The highest BCUT2D eigenvalue weighted by Crippen LogP contribution is 2.42. The smallest absolute Gasteiger partial charge is 0.338 e. The lowest BCUT2D eigenvalue weighted by Gasteiger charge is -2.33. The first kappa shape index (κ1) is 28.1. The Bertz CT molecular complexity index is 1600. The third-order valence-corrected chi connectivity index (χ3v) is 9.39. The zero-order valence-electron chi connectivity index (χ0n) is 23.2. The number of nitrogens with one attached hydrogen (secondary N) is 1. The van der Waals surface area contributed by atoms with Crippen molar-refractivity contribution < 1.29 is 14.3 Å². The maximum Gasteiger partial charge on any atom is 0.338 e. The third kappa shape index (κ3) is 5.86. The van der Waals surface area contributed by atoms with Crippen molar-refractivity contribution in [2.24, 2.45) is 11.3 Å². The fraction of sp³-hybridized carbons (Fsp3) is 0.355. The molecule has 0 aliphatic heterocycles. The molecule has 9 heteroatoms. The summed E-state index contributed by atoms with van der Waals surface area (Å²) in [6.07, 6.45) is 2.90. The molecule has 5 rings (SSSR count). The molecule has 0 bridgehead atoms. The molecule has 0 radical (unpaired) electrons. The number of rotatable bonds is 7. The van der Waals surface area contributed by atoms with Crippen LogP contribution >= 0.6 is 23.1 Å². The third-order valence-electron chi connectivity index (χ3n) is 7.30. The van der Waals surface area contributed by atoms with E-state index in [1.165, 1.54) is 16.6 Å². The van der Waals surface area contributed by atoms with E-state index in [4.69, 9.17) is 9.72 Å². The Morgan fingerprint density at radius 2 is 1.85 bits per heavy atom. The number of thioether (sulfide) groups is 1. The van der Waals surface area contributed by atoms with Gasteiger partial charge in [-0.3, -0.25) is 14.2 Å². The Kier molecular flexibility index (Phi) is 8.14. The van der Waals surface area contributed by atoms with Crippen LogP contribution in [0, 0.1) is 11.3 Å². The highest BCUT2D eigenvalue weighted by atomic mass is 32.2. The summed E-state index contributed by atoms with van der Waals surface area (Å²) < 4.78 is 6.64. The number of fused-ring (bicyclic) bond motifs is 3. The molecule has 0 fully saturated rings. The normalized spacial score (nSPS) is 15.1. The minimum Gasteiger partial charge on any atom is -0.462 e. The van der Waals surface area contributed by atoms with Gasteiger partial charge in [0.1, 0.15) is 4.83 Å². The molecular formula is C31H33N3O4S2. The van der Waals surface area contributed by atoms with Gasteiger partial charge in [-0.2, -0.15) is 0 Å². The quantitative estimate of drug-likeness (QED) is 0.154. The molecule has 1 amide bonds. The van der Waals surface area contributed by atoms with Crippen LogP contribution in [0.25, 0.3) is 15.9 Å². The molecule has 1 atom stereocenters. The van der Waals surface area contributed by atoms with Gasteiger partial charge in [0.05, 0.1) is 29.0 Å². The summed E-state index contributed by atoms with van der Waals surface area (Å²) in [6.45, 7) is 8.90. The number of thiophene rings is 1. The summed E-state index contributed by atoms with van der Waals surface area (Å²) in [5.74, 6) is -0.00294. The molecule has 1 aliphatic rings. The summed E-state index contributed by atoms with van der Waals surface area (Å²) >= 11 is 2.86. The van der Waals surface area contributed by atoms with E-state index in [1.807, 2.05) is 30.3 Å². The van der Waals surface area contributed by atoms with Gasteiger partial charge in [0, 0.05) is 10.6 Å². The molecular weight excluding hydrogens is 542 g/mol. The minimum atomic E-state index is -0.402. The number of ether oxygens (including phenoxy) is 1. The molecule has 4 aromatic rings. The van der Waals surface area contributed by atoms with Crippen molar-refractivity contribution in [3.63, 3.8) is 0 Å². The molecule has 1 N–H and O–H groups in total. The Hall–Kier alpha value is -3.43. The number of benzene rings is 2. The molecule has 0 saturated heterocycles. The van der Waals surface area contributed by atoms with E-state index in [1.54, 1.807) is 47.1 Å². The van der Waals surface area contributed by atoms with Gasteiger partial charge in [-0.1, -0.05) is 50.7 Å². The topological polar surface area (TPSA) is 90.3 Å². The van der Waals surface area contributed by atoms with Gasteiger partial charge in [0.15, 0.2) is 5.16 Å². The van der Waals surface area contributed by atoms with Gasteiger partial charge >= 0.3 is 5.97 Å². The molecule has 40 heavy (non-hydrogen) atoms. The van der Waals surface area contributed by atoms with Crippen LogP contribution in [0.3, 0.4) is 0 Å². The molecule has 208 valence electrons. The number of aromatic nitrogens is 2. The molecule has 1 unspecified atom stereocenters. The summed E-state index contributed by atoms with van der Waals surface area (Å²) in [4.78, 5) is 45.7. The lowest BCUT2D eigenvalue weighted by atomic mass is 9.72. The number of para-hydroxylation sites is 1. The molecule has 0 spiro atoms. The number of anilines is 1. The van der Waals surface area contributed by atoms with Crippen molar-refractivity contribution in [3.8, 4) is 5.69 Å². The van der Waals surface area contributed by atoms with E-state index < -0.39 is 5.97 Å². The average Bonchev–Trinajstić information content (AvgIpc) is 3.30. The number of hydrogen-bond acceptors (Lipinski definition) is 7. The Morgan fingerprint density at radius 1 is 1.12 bits per heavy atom. The zero-order chi connectivity index (χ0) is 28.4. The Morgan fingerprint density at radius 3 is 2.52 bits per heavy atom. The second kappa shape index (κ2) is 11.6. The molecule has 2 heterocycles. The predicted octanol–water partition coefficient (Wildman–Crippen LogP) is 6.51. The lowest BCUT2D eigenvalue weighted by Crippen LogP contribution is -2.27. The maximum absolute atomic E-state index is 14.0. The van der Waals surface area contributed by atoms with Crippen LogP contribution < -0.4 is 10.9 Å². The fourth-order valence-electron chi connectivity index (χ4n) is 5.08. The summed E-state index contributed by atoms with van der Waals surface area (Å²) in [7, 11) is 0. The second-order valence-electron chi connectivity index (χ2n) is 11.0. The number of carbonyl (C=O) groups is 2. The monoisotopic (exact) mass is 575 g/mol. The number of hydrogen-bond donors (Lipinski definition) is 1. The van der Waals surface area contributed by atoms with Crippen LogP contribution in [0.2, 0.25) is 0 Å². The van der Waals surface area contributed by atoms with Crippen LogP contribution in [0.1, 0.15) is 54.9 Å². The number of carbonyl (C=O) groups excluding carboxylic acids is 2. The zero-order valence-corrected chi connectivity index (χ0v) is 24.8. The van der Waals surface area contributed by atoms with E-state index in [0.717, 1.165) is 35.3 Å². The fourth-order valence-corrected chi connectivity index (χ4v) is 7.23. The molecule has 7 nitrogen and oxygen atoms in total. The first-order chi connectivity index (χ1) is 19.2. The molecule has 2 aromatic heterocycles. The number of aryl methyl sites for hydroxylation is 1. The number of esters is 1. The lowest BCUT2D eigenvalue weighted by molar-refractivity contribution is -0.113. The standard InChI is InChI=1S/C31H33N3O4S2/c1-5-38-29(37)19-11-14-21(15-12-19)32-25(35)18-39-30-33-27-26(28(36)34(30)22-9-7-6-8-10-22)23-16-13-20(31(2,3)4)17-24(23)40-27/h6-12,14-15,20H,5,13,16-18H2,1-4H3,(H,32,35). The van der Waals surface area contributed by atoms with Gasteiger partial charge in [-0.25, -0.2) is 9.78 Å². The summed E-state index contributed by atoms with van der Waals surface area (Å²) in [5, 5.41) is 4.06. The highest BCUT2D eigenvalue weighted by Gasteiger charge is 2.32. The van der Waals surface area contributed by atoms with Crippen LogP contribution in [0.4, 0.5) is 5.69 Å². The van der Waals surface area contributed by atoms with Crippen LogP contribution in [0.15, 0.2) is 64.5 Å². The van der Waals surface area contributed by atoms with Crippen LogP contribution in [-0.4, -0.2) is 33.8 Å². The largest absolute Gasteiger partial charge is 0.462 e. The van der Waals surface area contributed by atoms with Gasteiger partial charge in [0.25, 0.3) is 5.56 Å². The van der Waals surface area contributed by atoms with Gasteiger partial charge in [-0.05, 0) is 79.5 Å². The van der Waals surface area contributed by atoms with E-state index in [0.29, 0.717) is 34.3 Å². The maximum atomic E-state index is 14.0. The minimum absolute atomic E-state index is 0.0710. The van der Waals surface area contributed by atoms with Crippen molar-refractivity contribution in [1.29, 1.82) is 0 Å². The summed E-state index contributed by atoms with van der Waals surface area (Å²) in [5.41, 5.74) is 2.98. The van der Waals surface area contributed by atoms with E-state index in [9.17, 15) is 14.4 Å². The van der Waals surface area contributed by atoms with Gasteiger partial charge in [-0.15, -0.1) is 11.3 Å². The van der Waals surface area contributed by atoms with Crippen molar-refractivity contribution in [1.82, 2.24) is 9.55 Å². The Labute approximate surface area is 242 Å². The first-order valence-corrected chi connectivity index (χ1v) is 15.3. The van der Waals surface area contributed by atoms with Crippen molar-refractivity contribution >= 4 is 50.9 Å². The van der Waals surface area contributed by atoms with Gasteiger partial charge < -0.3 is 10.1 Å². The Balaban J connectivity index is 1.42. The molecule has 1 aliphatic carbocycles. The molecule has 2 aromatic carbocycles. The second-order valence-corrected chi connectivity index (χ2v) is 13.0. The first-order valence-electron chi connectivity index (χ1n) is 13.5. The number of nitrogens with zero attached hydrogens (tertiary/aromatic N) is 2. The van der Waals surface area contributed by atoms with E-state index in [-0.39, 0.29) is 22.6 Å². The van der Waals surface area contributed by atoms with Crippen LogP contribution in [0.5, 0.6) is 0 Å². The van der Waals surface area contributed by atoms with E-state index >= 15 is 0 Å². The highest BCUT2D eigenvalue weighted by molar-refractivity contribution is 7.99. The number of amides is 1. The summed E-state index contributed by atoms with van der Waals surface area (Å²) in [6, 6.07) is 16.0. The van der Waals surface area contributed by atoms with Crippen molar-refractivity contribution in [2.45, 2.75) is 52.1 Å². The average molecular weight is 576 g/mol. The molecule has 0 saturated carbocycles. The predicted molar refractivity (Wildman–Crippen MR) is 162 cm³/mol. The van der Waals surface area contributed by atoms with Crippen LogP contribution in [-0.2, 0) is 22.4 Å². The van der Waals surface area contributed by atoms with Crippen molar-refractivity contribution in [3.05, 3.63) is 81.0 Å². The SMILES string of the molecule is CCOC(=O)c1ccc(NC(=O)CSc2nc3sc4c(c3c(=O)n2-c2ccccc2)CCC(C(C)(C)C)C4)cc1. The van der Waals surface area contributed by atoms with E-state index in [2.05, 4.69) is 26.1 Å². The van der Waals surface area contributed by atoms with Gasteiger partial charge in [0.2, 0.25) is 5.91 Å².